The number of hydrogen-bond acceptors (Lipinski definition) is 7. The van der Waals surface area contributed by atoms with Crippen molar-refractivity contribution in [1.82, 2.24) is 19.6 Å². The van der Waals surface area contributed by atoms with Gasteiger partial charge in [-0.2, -0.15) is 5.10 Å². The van der Waals surface area contributed by atoms with Crippen LogP contribution < -0.4 is 22.1 Å². The van der Waals surface area contributed by atoms with Gasteiger partial charge in [-0.15, -0.1) is 0 Å². The van der Waals surface area contributed by atoms with Crippen LogP contribution in [0.1, 0.15) is 10.5 Å². The Kier molecular flexibility index (Phi) is 5.79. The first-order valence-electron chi connectivity index (χ1n) is 9.25. The first kappa shape index (κ1) is 20.7. The minimum atomic E-state index is -0.628. The normalized spacial score (nSPS) is 10.9. The van der Waals surface area contributed by atoms with E-state index < -0.39 is 5.91 Å². The van der Waals surface area contributed by atoms with Crippen LogP contribution in [0.2, 0.25) is 10.0 Å². The molecule has 1 amide bonds. The lowest BCUT2D eigenvalue weighted by Crippen LogP contribution is -2.15. The summed E-state index contributed by atoms with van der Waals surface area (Å²) >= 11 is 12.4. The first-order chi connectivity index (χ1) is 14.9. The fraction of sp³-hybridized carbons (Fsp3) is 0.100. The van der Waals surface area contributed by atoms with E-state index in [0.29, 0.717) is 57.2 Å². The third kappa shape index (κ3) is 4.62. The summed E-state index contributed by atoms with van der Waals surface area (Å²) in [5.74, 6) is 0.601. The number of carbonyl (C=O) groups is 1. The number of anilines is 3. The highest BCUT2D eigenvalue weighted by molar-refractivity contribution is 6.36. The summed E-state index contributed by atoms with van der Waals surface area (Å²) in [7, 11) is 0. The molecule has 0 saturated carbocycles. The summed E-state index contributed by atoms with van der Waals surface area (Å²) in [5, 5.41) is 11.7. The number of halogens is 2. The molecule has 3 heterocycles. The van der Waals surface area contributed by atoms with Crippen molar-refractivity contribution < 1.29 is 4.79 Å². The largest absolute Gasteiger partial charge is 0.397 e. The zero-order valence-electron chi connectivity index (χ0n) is 16.1. The van der Waals surface area contributed by atoms with Crippen molar-refractivity contribution in [3.05, 3.63) is 64.5 Å². The molecule has 0 saturated heterocycles. The molecular weight excluding hydrogens is 439 g/mol. The lowest BCUT2D eigenvalue weighted by Gasteiger charge is -2.12. The van der Waals surface area contributed by atoms with Gasteiger partial charge in [0.25, 0.3) is 5.91 Å². The number of nitrogens with one attached hydrogen (secondary N) is 2. The number of carbonyl (C=O) groups excluding carboxylic acids is 1. The quantitative estimate of drug-likeness (QED) is 0.313. The summed E-state index contributed by atoms with van der Waals surface area (Å²) in [6.45, 7) is 1.08. The summed E-state index contributed by atoms with van der Waals surface area (Å²) in [5.41, 5.74) is 13.6. The Morgan fingerprint density at radius 1 is 1.10 bits per heavy atom. The van der Waals surface area contributed by atoms with E-state index in [2.05, 4.69) is 25.7 Å². The number of nitrogen functional groups attached to an aromatic ring is 1. The zero-order chi connectivity index (χ0) is 22.0. The molecule has 9 nitrogen and oxygen atoms in total. The van der Waals surface area contributed by atoms with Gasteiger partial charge in [0.05, 0.1) is 28.8 Å². The number of amides is 1. The van der Waals surface area contributed by atoms with Gasteiger partial charge >= 0.3 is 0 Å². The van der Waals surface area contributed by atoms with Gasteiger partial charge in [-0.25, -0.2) is 14.5 Å². The second-order valence-electron chi connectivity index (χ2n) is 6.65. The highest BCUT2D eigenvalue weighted by atomic mass is 35.5. The molecule has 31 heavy (non-hydrogen) atoms. The molecule has 0 spiro atoms. The van der Waals surface area contributed by atoms with E-state index in [4.69, 9.17) is 34.7 Å². The Balaban J connectivity index is 1.61. The van der Waals surface area contributed by atoms with Crippen molar-refractivity contribution in [2.24, 2.45) is 5.73 Å². The average molecular weight is 457 g/mol. The minimum absolute atomic E-state index is 0.133. The lowest BCUT2D eigenvalue weighted by atomic mass is 10.1. The molecule has 4 aromatic rings. The first-order valence-corrected chi connectivity index (χ1v) is 10.0. The number of aromatic nitrogens is 4. The van der Waals surface area contributed by atoms with E-state index in [9.17, 15) is 4.79 Å². The molecule has 6 N–H and O–H groups in total. The van der Waals surface area contributed by atoms with Crippen LogP contribution in [0.15, 0.2) is 48.8 Å². The number of nitrogens with two attached hydrogens (primary N) is 2. The molecule has 0 aliphatic carbocycles. The summed E-state index contributed by atoms with van der Waals surface area (Å²) < 4.78 is 1.55. The molecule has 0 bridgehead atoms. The topological polar surface area (TPSA) is 136 Å². The fourth-order valence-electron chi connectivity index (χ4n) is 2.95. The Morgan fingerprint density at radius 2 is 1.90 bits per heavy atom. The van der Waals surface area contributed by atoms with Crippen LogP contribution >= 0.6 is 23.2 Å². The van der Waals surface area contributed by atoms with Gasteiger partial charge in [0, 0.05) is 29.7 Å². The molecule has 11 heteroatoms. The molecule has 0 fully saturated rings. The van der Waals surface area contributed by atoms with Crippen LogP contribution in [0.5, 0.6) is 0 Å². The zero-order valence-corrected chi connectivity index (χ0v) is 17.7. The van der Waals surface area contributed by atoms with E-state index in [1.807, 2.05) is 0 Å². The Morgan fingerprint density at radius 3 is 2.61 bits per heavy atom. The molecule has 0 unspecified atom stereocenters. The van der Waals surface area contributed by atoms with Crippen molar-refractivity contribution in [2.75, 3.05) is 29.5 Å². The number of pyridine rings is 1. The summed E-state index contributed by atoms with van der Waals surface area (Å²) in [6.07, 6.45) is 3.26. The monoisotopic (exact) mass is 456 g/mol. The number of rotatable bonds is 7. The summed E-state index contributed by atoms with van der Waals surface area (Å²) in [6, 6.07) is 10.3. The molecule has 1 aromatic carbocycles. The van der Waals surface area contributed by atoms with E-state index in [-0.39, 0.29) is 5.69 Å². The SMILES string of the molecule is NC(=O)c1cc2c(NCCNc3ccc(N)cn3)nc(-c3ccc(Cl)cc3Cl)cn2n1. The Hall–Kier alpha value is -3.56. The van der Waals surface area contributed by atoms with Crippen molar-refractivity contribution >= 4 is 51.9 Å². The van der Waals surface area contributed by atoms with E-state index in [1.165, 1.54) is 0 Å². The smallest absolute Gasteiger partial charge is 0.269 e. The van der Waals surface area contributed by atoms with Crippen molar-refractivity contribution in [3.8, 4) is 11.3 Å². The molecular formula is C20H18Cl2N8O. The number of benzene rings is 1. The van der Waals surface area contributed by atoms with Gasteiger partial charge in [0.2, 0.25) is 0 Å². The lowest BCUT2D eigenvalue weighted by molar-refractivity contribution is 0.0995. The van der Waals surface area contributed by atoms with Gasteiger partial charge in [-0.3, -0.25) is 4.79 Å². The van der Waals surface area contributed by atoms with Crippen LogP contribution in [-0.2, 0) is 0 Å². The second kappa shape index (κ2) is 8.66. The van der Waals surface area contributed by atoms with E-state index in [1.54, 1.807) is 53.3 Å². The third-order valence-electron chi connectivity index (χ3n) is 4.42. The van der Waals surface area contributed by atoms with Crippen LogP contribution in [-0.4, -0.2) is 38.6 Å². The van der Waals surface area contributed by atoms with Crippen molar-refractivity contribution in [1.29, 1.82) is 0 Å². The van der Waals surface area contributed by atoms with Gasteiger partial charge in [-0.05, 0) is 30.3 Å². The molecule has 0 aliphatic rings. The number of hydrogen-bond donors (Lipinski definition) is 4. The van der Waals surface area contributed by atoms with Crippen LogP contribution in [0.3, 0.4) is 0 Å². The third-order valence-corrected chi connectivity index (χ3v) is 4.97. The summed E-state index contributed by atoms with van der Waals surface area (Å²) in [4.78, 5) is 20.5. The molecule has 4 rings (SSSR count). The van der Waals surface area contributed by atoms with Crippen molar-refractivity contribution in [2.45, 2.75) is 0 Å². The second-order valence-corrected chi connectivity index (χ2v) is 7.50. The van der Waals surface area contributed by atoms with Crippen LogP contribution in [0, 0.1) is 0 Å². The molecule has 158 valence electrons. The maximum Gasteiger partial charge on any atom is 0.269 e. The molecule has 0 aliphatic heterocycles. The van der Waals surface area contributed by atoms with Crippen LogP contribution in [0.25, 0.3) is 16.8 Å². The Labute approximate surface area is 187 Å². The van der Waals surface area contributed by atoms with E-state index in [0.717, 1.165) is 0 Å². The minimum Gasteiger partial charge on any atom is -0.397 e. The average Bonchev–Trinajstić information content (AvgIpc) is 3.17. The maximum atomic E-state index is 11.6. The number of primary amides is 1. The predicted octanol–water partition coefficient (Wildman–Crippen LogP) is 3.30. The van der Waals surface area contributed by atoms with Gasteiger partial charge < -0.3 is 22.1 Å². The van der Waals surface area contributed by atoms with Gasteiger partial charge in [-0.1, -0.05) is 23.2 Å². The fourth-order valence-corrected chi connectivity index (χ4v) is 3.46. The molecule has 0 radical (unpaired) electrons. The number of fused-ring (bicyclic) bond motifs is 1. The van der Waals surface area contributed by atoms with Crippen LogP contribution in [0.4, 0.5) is 17.3 Å². The predicted molar refractivity (Wildman–Crippen MR) is 123 cm³/mol. The molecule has 0 atom stereocenters. The van der Waals surface area contributed by atoms with Crippen molar-refractivity contribution in [3.63, 3.8) is 0 Å². The Bertz CT molecular complexity index is 1260. The highest BCUT2D eigenvalue weighted by Crippen LogP contribution is 2.31. The maximum absolute atomic E-state index is 11.6. The standard InChI is InChI=1S/C20H18Cl2N8O/c21-11-1-3-13(14(22)7-11)16-10-30-17(8-15(29-30)19(24)31)20(28-16)26-6-5-25-18-4-2-12(23)9-27-18/h1-4,7-10H,5-6,23H2,(H2,24,31)(H,25,27)(H,26,28). The number of nitrogens with zero attached hydrogens (tertiary/aromatic N) is 4. The van der Waals surface area contributed by atoms with Gasteiger partial charge in [0.15, 0.2) is 11.5 Å². The highest BCUT2D eigenvalue weighted by Gasteiger charge is 2.15. The molecule has 3 aromatic heterocycles. The van der Waals surface area contributed by atoms with E-state index >= 15 is 0 Å². The van der Waals surface area contributed by atoms with Gasteiger partial charge in [0.1, 0.15) is 11.3 Å².